The van der Waals surface area contributed by atoms with E-state index in [9.17, 15) is 4.39 Å². The van der Waals surface area contributed by atoms with Gasteiger partial charge in [-0.1, -0.05) is 29.8 Å². The number of aryl methyl sites for hydroxylation is 1. The molecule has 0 aliphatic carbocycles. The van der Waals surface area contributed by atoms with Gasteiger partial charge in [0.05, 0.1) is 5.69 Å². The molecule has 0 unspecified atom stereocenters. The predicted octanol–water partition coefficient (Wildman–Crippen LogP) is 5.80. The van der Waals surface area contributed by atoms with Gasteiger partial charge < -0.3 is 10.2 Å². The third-order valence-corrected chi connectivity index (χ3v) is 5.41. The highest BCUT2D eigenvalue weighted by atomic mass is 35.5. The van der Waals surface area contributed by atoms with Gasteiger partial charge in [-0.05, 0) is 74.8 Å². The second-order valence-corrected chi connectivity index (χ2v) is 7.50. The summed E-state index contributed by atoms with van der Waals surface area (Å²) in [6, 6.07) is 20.1. The molecule has 6 heteroatoms. The number of piperidine rings is 1. The Morgan fingerprint density at radius 1 is 1.00 bits per heavy atom. The number of aromatic nitrogens is 1. The number of hydrogen-bond acceptors (Lipinski definition) is 3. The van der Waals surface area contributed by atoms with E-state index in [2.05, 4.69) is 58.5 Å². The van der Waals surface area contributed by atoms with E-state index in [0.29, 0.717) is 6.04 Å². The van der Waals surface area contributed by atoms with Crippen LogP contribution in [0.4, 0.5) is 10.1 Å². The summed E-state index contributed by atoms with van der Waals surface area (Å²) in [7, 11) is 0. The maximum Gasteiger partial charge on any atom is 0.123 e. The number of pyridine rings is 1. The molecule has 1 saturated heterocycles. The first-order chi connectivity index (χ1) is 13.7. The van der Waals surface area contributed by atoms with Crippen molar-refractivity contribution in [3.8, 4) is 11.3 Å². The van der Waals surface area contributed by atoms with Gasteiger partial charge in [0.25, 0.3) is 0 Å². The minimum Gasteiger partial charge on any atom is -0.364 e. The molecule has 0 radical (unpaired) electrons. The maximum absolute atomic E-state index is 13.6. The van der Waals surface area contributed by atoms with E-state index in [1.54, 1.807) is 6.07 Å². The molecule has 2 heterocycles. The molecule has 0 saturated carbocycles. The standard InChI is InChI=1S/C24H26FN3.2ClH/c1-18-5-7-22(8-6-18)28(23-10-12-26-13-11-23)17-19-9-14-27-24(15-19)20-3-2-4-21(25)16-20;;/h2-9,14-16,23,26H,10-13,17H2,1H3;2*1H. The maximum atomic E-state index is 13.6. The van der Waals surface area contributed by atoms with Crippen molar-refractivity contribution in [1.29, 1.82) is 0 Å². The first-order valence-corrected chi connectivity index (χ1v) is 9.94. The van der Waals surface area contributed by atoms with Crippen LogP contribution < -0.4 is 10.2 Å². The average Bonchev–Trinajstić information content (AvgIpc) is 2.74. The van der Waals surface area contributed by atoms with Gasteiger partial charge in [-0.25, -0.2) is 4.39 Å². The van der Waals surface area contributed by atoms with Gasteiger partial charge in [0.1, 0.15) is 5.82 Å². The lowest BCUT2D eigenvalue weighted by atomic mass is 10.0. The fourth-order valence-corrected chi connectivity index (χ4v) is 3.86. The van der Waals surface area contributed by atoms with Gasteiger partial charge in [0, 0.05) is 30.0 Å². The van der Waals surface area contributed by atoms with Crippen LogP contribution in [0.15, 0.2) is 66.9 Å². The fourth-order valence-electron chi connectivity index (χ4n) is 3.86. The van der Waals surface area contributed by atoms with E-state index in [4.69, 9.17) is 0 Å². The largest absolute Gasteiger partial charge is 0.364 e. The summed E-state index contributed by atoms with van der Waals surface area (Å²) in [6.07, 6.45) is 4.09. The monoisotopic (exact) mass is 447 g/mol. The minimum atomic E-state index is -0.235. The Hall–Kier alpha value is -2.14. The van der Waals surface area contributed by atoms with E-state index in [0.717, 1.165) is 43.7 Å². The summed E-state index contributed by atoms with van der Waals surface area (Å²) in [6.45, 7) is 5.04. The SMILES string of the molecule is Cc1ccc(N(Cc2ccnc(-c3cccc(F)c3)c2)C2CCNCC2)cc1.Cl.Cl. The number of hydrogen-bond donors (Lipinski definition) is 1. The van der Waals surface area contributed by atoms with Crippen molar-refractivity contribution in [3.05, 3.63) is 83.8 Å². The molecular weight excluding hydrogens is 420 g/mol. The summed E-state index contributed by atoms with van der Waals surface area (Å²) >= 11 is 0. The molecule has 160 valence electrons. The molecule has 2 aromatic carbocycles. The predicted molar refractivity (Wildman–Crippen MR) is 127 cm³/mol. The molecule has 1 N–H and O–H groups in total. The van der Waals surface area contributed by atoms with Crippen LogP contribution in [0.2, 0.25) is 0 Å². The highest BCUT2D eigenvalue weighted by Crippen LogP contribution is 2.26. The fraction of sp³-hybridized carbons (Fsp3) is 0.292. The second-order valence-electron chi connectivity index (χ2n) is 7.50. The Morgan fingerprint density at radius 2 is 1.73 bits per heavy atom. The van der Waals surface area contributed by atoms with Crippen molar-refractivity contribution in [3.63, 3.8) is 0 Å². The molecule has 3 aromatic rings. The summed E-state index contributed by atoms with van der Waals surface area (Å²) in [5.74, 6) is -0.235. The molecule has 1 aliphatic rings. The highest BCUT2D eigenvalue weighted by molar-refractivity contribution is 5.85. The Kier molecular flexibility index (Phi) is 9.09. The molecule has 0 atom stereocenters. The van der Waals surface area contributed by atoms with Gasteiger partial charge in [-0.2, -0.15) is 0 Å². The Bertz CT molecular complexity index is 928. The van der Waals surface area contributed by atoms with Gasteiger partial charge in [0.2, 0.25) is 0 Å². The van der Waals surface area contributed by atoms with Crippen molar-refractivity contribution >= 4 is 30.5 Å². The number of nitrogens with zero attached hydrogens (tertiary/aromatic N) is 2. The Balaban J connectivity index is 0.00000160. The molecule has 0 spiro atoms. The molecule has 0 bridgehead atoms. The topological polar surface area (TPSA) is 28.2 Å². The number of anilines is 1. The number of halogens is 3. The van der Waals surface area contributed by atoms with Crippen molar-refractivity contribution in [1.82, 2.24) is 10.3 Å². The van der Waals surface area contributed by atoms with Crippen LogP contribution in [-0.2, 0) is 6.54 Å². The molecule has 30 heavy (non-hydrogen) atoms. The number of rotatable bonds is 5. The normalized spacial score (nSPS) is 13.8. The molecule has 1 aromatic heterocycles. The molecular formula is C24H28Cl2FN3. The van der Waals surface area contributed by atoms with Crippen LogP contribution in [0.5, 0.6) is 0 Å². The van der Waals surface area contributed by atoms with Crippen molar-refractivity contribution in [2.24, 2.45) is 0 Å². The molecule has 3 nitrogen and oxygen atoms in total. The van der Waals surface area contributed by atoms with E-state index < -0.39 is 0 Å². The summed E-state index contributed by atoms with van der Waals surface area (Å²) in [4.78, 5) is 6.96. The van der Waals surface area contributed by atoms with E-state index in [-0.39, 0.29) is 30.6 Å². The third kappa shape index (κ3) is 5.94. The Labute approximate surface area is 190 Å². The quantitative estimate of drug-likeness (QED) is 0.535. The molecule has 1 aliphatic heterocycles. The molecule has 0 amide bonds. The summed E-state index contributed by atoms with van der Waals surface area (Å²) in [5, 5.41) is 3.46. The number of nitrogens with one attached hydrogen (secondary N) is 1. The van der Waals surface area contributed by atoms with E-state index in [1.165, 1.54) is 28.9 Å². The van der Waals surface area contributed by atoms with Gasteiger partial charge >= 0.3 is 0 Å². The first-order valence-electron chi connectivity index (χ1n) is 9.94. The van der Waals surface area contributed by atoms with Crippen molar-refractivity contribution in [2.45, 2.75) is 32.4 Å². The van der Waals surface area contributed by atoms with Crippen LogP contribution in [0, 0.1) is 12.7 Å². The lowest BCUT2D eigenvalue weighted by Crippen LogP contribution is -2.43. The first kappa shape index (κ1) is 24.1. The summed E-state index contributed by atoms with van der Waals surface area (Å²) < 4.78 is 13.6. The van der Waals surface area contributed by atoms with Crippen LogP contribution in [-0.4, -0.2) is 24.1 Å². The minimum absolute atomic E-state index is 0. The molecule has 1 fully saturated rings. The number of benzene rings is 2. The van der Waals surface area contributed by atoms with Crippen LogP contribution in [0.25, 0.3) is 11.3 Å². The zero-order chi connectivity index (χ0) is 19.3. The average molecular weight is 448 g/mol. The van der Waals surface area contributed by atoms with Gasteiger partial charge in [-0.15, -0.1) is 24.8 Å². The lowest BCUT2D eigenvalue weighted by Gasteiger charge is -2.36. The second kappa shape index (κ2) is 11.3. The Morgan fingerprint density at radius 3 is 2.43 bits per heavy atom. The van der Waals surface area contributed by atoms with Gasteiger partial charge in [0.15, 0.2) is 0 Å². The van der Waals surface area contributed by atoms with E-state index >= 15 is 0 Å². The lowest BCUT2D eigenvalue weighted by molar-refractivity contribution is 0.428. The van der Waals surface area contributed by atoms with Crippen molar-refractivity contribution < 1.29 is 4.39 Å². The zero-order valence-corrected chi connectivity index (χ0v) is 18.7. The molecule has 4 rings (SSSR count). The zero-order valence-electron chi connectivity index (χ0n) is 17.1. The third-order valence-electron chi connectivity index (χ3n) is 5.41. The van der Waals surface area contributed by atoms with Crippen LogP contribution in [0.1, 0.15) is 24.0 Å². The smallest absolute Gasteiger partial charge is 0.123 e. The van der Waals surface area contributed by atoms with Crippen LogP contribution >= 0.6 is 24.8 Å². The van der Waals surface area contributed by atoms with E-state index in [1.807, 2.05) is 12.3 Å². The summed E-state index contributed by atoms with van der Waals surface area (Å²) in [5.41, 5.74) is 5.33. The highest BCUT2D eigenvalue weighted by Gasteiger charge is 2.21. The van der Waals surface area contributed by atoms with Gasteiger partial charge in [-0.3, -0.25) is 4.98 Å². The van der Waals surface area contributed by atoms with Crippen LogP contribution in [0.3, 0.4) is 0 Å². The van der Waals surface area contributed by atoms with Crippen molar-refractivity contribution in [2.75, 3.05) is 18.0 Å².